The number of methoxy groups -OCH3 is 2. The fourth-order valence-corrected chi connectivity index (χ4v) is 3.18. The first-order valence-electron chi connectivity index (χ1n) is 6.26. The standard InChI is InChI=1S/C14H21NO2S/c1-15-12-7-11-10(6-9(12)8-18)13(16-2)4-5-14(11)17-3/h4-5,9,12,15,18H,6-8H2,1-3H3. The van der Waals surface area contributed by atoms with Gasteiger partial charge in [-0.25, -0.2) is 0 Å². The first-order valence-corrected chi connectivity index (χ1v) is 6.89. The first-order chi connectivity index (χ1) is 8.74. The van der Waals surface area contributed by atoms with Crippen molar-refractivity contribution >= 4 is 12.6 Å². The third-order valence-corrected chi connectivity index (χ3v) is 4.32. The zero-order valence-electron chi connectivity index (χ0n) is 11.2. The number of nitrogens with one attached hydrogen (secondary N) is 1. The van der Waals surface area contributed by atoms with Crippen molar-refractivity contribution in [1.82, 2.24) is 5.32 Å². The molecule has 3 nitrogen and oxygen atoms in total. The molecule has 0 radical (unpaired) electrons. The molecule has 1 N–H and O–H groups in total. The average molecular weight is 267 g/mol. The van der Waals surface area contributed by atoms with E-state index in [0.717, 1.165) is 30.1 Å². The van der Waals surface area contributed by atoms with Gasteiger partial charge in [-0.05, 0) is 43.7 Å². The number of fused-ring (bicyclic) bond motifs is 1. The van der Waals surface area contributed by atoms with Crippen LogP contribution in [0.3, 0.4) is 0 Å². The number of rotatable bonds is 4. The lowest BCUT2D eigenvalue weighted by Crippen LogP contribution is -2.41. The van der Waals surface area contributed by atoms with Crippen LogP contribution in [0.2, 0.25) is 0 Å². The summed E-state index contributed by atoms with van der Waals surface area (Å²) in [7, 11) is 5.46. The molecule has 18 heavy (non-hydrogen) atoms. The third-order valence-electron chi connectivity index (χ3n) is 3.85. The van der Waals surface area contributed by atoms with Crippen molar-refractivity contribution in [3.05, 3.63) is 23.3 Å². The number of thiol groups is 1. The van der Waals surface area contributed by atoms with E-state index in [0.29, 0.717) is 12.0 Å². The van der Waals surface area contributed by atoms with E-state index in [1.807, 2.05) is 19.2 Å². The summed E-state index contributed by atoms with van der Waals surface area (Å²) in [4.78, 5) is 0. The SMILES string of the molecule is CNC1Cc2c(OC)ccc(OC)c2CC1CS. The van der Waals surface area contributed by atoms with Gasteiger partial charge in [-0.3, -0.25) is 0 Å². The molecule has 0 spiro atoms. The predicted octanol–water partition coefficient (Wildman–Crippen LogP) is 1.94. The van der Waals surface area contributed by atoms with E-state index >= 15 is 0 Å². The fraction of sp³-hybridized carbons (Fsp3) is 0.571. The van der Waals surface area contributed by atoms with Crippen molar-refractivity contribution in [2.24, 2.45) is 5.92 Å². The maximum absolute atomic E-state index is 5.47. The van der Waals surface area contributed by atoms with Crippen LogP contribution in [0.5, 0.6) is 11.5 Å². The van der Waals surface area contributed by atoms with Gasteiger partial charge in [-0.15, -0.1) is 0 Å². The summed E-state index contributed by atoms with van der Waals surface area (Å²) in [5.41, 5.74) is 2.55. The number of benzene rings is 1. The Morgan fingerprint density at radius 3 is 2.17 bits per heavy atom. The largest absolute Gasteiger partial charge is 0.496 e. The minimum Gasteiger partial charge on any atom is -0.496 e. The molecule has 2 rings (SSSR count). The van der Waals surface area contributed by atoms with Crippen LogP contribution in [0.25, 0.3) is 0 Å². The van der Waals surface area contributed by atoms with Gasteiger partial charge in [0.2, 0.25) is 0 Å². The second-order valence-corrected chi connectivity index (χ2v) is 5.04. The molecule has 0 amide bonds. The smallest absolute Gasteiger partial charge is 0.122 e. The zero-order valence-corrected chi connectivity index (χ0v) is 12.1. The molecule has 1 aliphatic carbocycles. The van der Waals surface area contributed by atoms with E-state index in [4.69, 9.17) is 9.47 Å². The second-order valence-electron chi connectivity index (χ2n) is 4.67. The highest BCUT2D eigenvalue weighted by Crippen LogP contribution is 2.38. The monoisotopic (exact) mass is 267 g/mol. The minimum atomic E-state index is 0.455. The summed E-state index contributed by atoms with van der Waals surface area (Å²) in [6.45, 7) is 0. The Hall–Kier alpha value is -0.870. The number of hydrogen-bond acceptors (Lipinski definition) is 4. The Bertz CT molecular complexity index is 384. The summed E-state index contributed by atoms with van der Waals surface area (Å²) < 4.78 is 10.9. The number of hydrogen-bond donors (Lipinski definition) is 2. The van der Waals surface area contributed by atoms with Crippen LogP contribution in [-0.4, -0.2) is 33.1 Å². The van der Waals surface area contributed by atoms with Crippen LogP contribution in [0, 0.1) is 5.92 Å². The van der Waals surface area contributed by atoms with Gasteiger partial charge in [0, 0.05) is 17.2 Å². The molecule has 2 unspecified atom stereocenters. The topological polar surface area (TPSA) is 30.5 Å². The van der Waals surface area contributed by atoms with Crippen molar-refractivity contribution in [3.8, 4) is 11.5 Å². The minimum absolute atomic E-state index is 0.455. The molecule has 1 aliphatic rings. The van der Waals surface area contributed by atoms with Gasteiger partial charge in [0.1, 0.15) is 11.5 Å². The molecule has 0 saturated carbocycles. The van der Waals surface area contributed by atoms with Crippen molar-refractivity contribution in [2.75, 3.05) is 27.0 Å². The molecule has 0 heterocycles. The maximum Gasteiger partial charge on any atom is 0.122 e. The Labute approximate surface area is 114 Å². The fourth-order valence-electron chi connectivity index (χ4n) is 2.80. The Morgan fingerprint density at radius 1 is 1.17 bits per heavy atom. The Balaban J connectivity index is 2.45. The van der Waals surface area contributed by atoms with Crippen LogP contribution in [0.1, 0.15) is 11.1 Å². The summed E-state index contributed by atoms with van der Waals surface area (Å²) >= 11 is 4.47. The normalized spacial score (nSPS) is 22.4. The molecule has 0 aromatic heterocycles. The molecule has 100 valence electrons. The molecule has 1 aromatic rings. The third kappa shape index (κ3) is 2.31. The van der Waals surface area contributed by atoms with Gasteiger partial charge in [-0.2, -0.15) is 12.6 Å². The predicted molar refractivity (Wildman–Crippen MR) is 77.1 cm³/mol. The maximum atomic E-state index is 5.47. The van der Waals surface area contributed by atoms with Crippen LogP contribution in [-0.2, 0) is 12.8 Å². The van der Waals surface area contributed by atoms with Crippen molar-refractivity contribution in [1.29, 1.82) is 0 Å². The van der Waals surface area contributed by atoms with Gasteiger partial charge in [0.25, 0.3) is 0 Å². The Morgan fingerprint density at radius 2 is 1.72 bits per heavy atom. The highest BCUT2D eigenvalue weighted by atomic mass is 32.1. The van der Waals surface area contributed by atoms with Crippen LogP contribution in [0.15, 0.2) is 12.1 Å². The van der Waals surface area contributed by atoms with Crippen molar-refractivity contribution in [3.63, 3.8) is 0 Å². The average Bonchev–Trinajstić information content (AvgIpc) is 2.44. The van der Waals surface area contributed by atoms with Gasteiger partial charge < -0.3 is 14.8 Å². The molecular weight excluding hydrogens is 246 g/mol. The van der Waals surface area contributed by atoms with E-state index in [9.17, 15) is 0 Å². The molecular formula is C14H21NO2S. The quantitative estimate of drug-likeness (QED) is 0.817. The Kier molecular flexibility index (Phi) is 4.40. The van der Waals surface area contributed by atoms with Crippen molar-refractivity contribution in [2.45, 2.75) is 18.9 Å². The molecule has 1 aromatic carbocycles. The van der Waals surface area contributed by atoms with E-state index in [2.05, 4.69) is 17.9 Å². The van der Waals surface area contributed by atoms with E-state index in [1.165, 1.54) is 11.1 Å². The second kappa shape index (κ2) is 5.85. The van der Waals surface area contributed by atoms with Gasteiger partial charge in [0.15, 0.2) is 0 Å². The van der Waals surface area contributed by atoms with Gasteiger partial charge >= 0.3 is 0 Å². The molecule has 4 heteroatoms. The zero-order chi connectivity index (χ0) is 13.1. The van der Waals surface area contributed by atoms with E-state index in [1.54, 1.807) is 14.2 Å². The lowest BCUT2D eigenvalue weighted by atomic mass is 9.80. The highest BCUT2D eigenvalue weighted by molar-refractivity contribution is 7.80. The van der Waals surface area contributed by atoms with Crippen LogP contribution >= 0.6 is 12.6 Å². The summed E-state index contributed by atoms with van der Waals surface area (Å²) in [5, 5.41) is 3.39. The van der Waals surface area contributed by atoms with Crippen molar-refractivity contribution < 1.29 is 9.47 Å². The molecule has 0 fully saturated rings. The molecule has 2 atom stereocenters. The first kappa shape index (κ1) is 13.6. The summed E-state index contributed by atoms with van der Waals surface area (Å²) in [6.07, 6.45) is 1.96. The highest BCUT2D eigenvalue weighted by Gasteiger charge is 2.30. The molecule has 0 bridgehead atoms. The number of ether oxygens (including phenoxy) is 2. The van der Waals surface area contributed by atoms with E-state index < -0.39 is 0 Å². The summed E-state index contributed by atoms with van der Waals surface area (Å²) in [5.74, 6) is 3.34. The van der Waals surface area contributed by atoms with E-state index in [-0.39, 0.29) is 0 Å². The van der Waals surface area contributed by atoms with Crippen LogP contribution in [0.4, 0.5) is 0 Å². The molecule has 0 aliphatic heterocycles. The lowest BCUT2D eigenvalue weighted by molar-refractivity contribution is 0.344. The number of likely N-dealkylation sites (N-methyl/N-ethyl adjacent to an activating group) is 1. The lowest BCUT2D eigenvalue weighted by Gasteiger charge is -2.33. The van der Waals surface area contributed by atoms with Gasteiger partial charge in [0.05, 0.1) is 14.2 Å². The molecule has 0 saturated heterocycles. The van der Waals surface area contributed by atoms with Gasteiger partial charge in [-0.1, -0.05) is 0 Å². The summed E-state index contributed by atoms with van der Waals surface area (Å²) in [6, 6.07) is 4.44. The van der Waals surface area contributed by atoms with Crippen LogP contribution < -0.4 is 14.8 Å².